The molecule has 0 bridgehead atoms. The Kier molecular flexibility index (Phi) is 2.45. The molecular formula is C15H12N2O. The van der Waals surface area contributed by atoms with E-state index in [0.717, 1.165) is 17.5 Å². The zero-order valence-electron chi connectivity index (χ0n) is 10.00. The van der Waals surface area contributed by atoms with Gasteiger partial charge in [0, 0.05) is 6.20 Å². The van der Waals surface area contributed by atoms with Crippen LogP contribution in [0.3, 0.4) is 0 Å². The minimum absolute atomic E-state index is 0.570. The second kappa shape index (κ2) is 4.11. The average Bonchev–Trinajstić information content (AvgIpc) is 2.81. The molecule has 1 aromatic carbocycles. The van der Waals surface area contributed by atoms with Crippen molar-refractivity contribution in [3.05, 3.63) is 60.0 Å². The lowest BCUT2D eigenvalue weighted by molar-refractivity contribution is 0.111. The van der Waals surface area contributed by atoms with Crippen molar-refractivity contribution in [1.82, 2.24) is 9.38 Å². The number of hydrogen-bond acceptors (Lipinski definition) is 2. The van der Waals surface area contributed by atoms with E-state index in [2.05, 4.69) is 24.0 Å². The molecule has 18 heavy (non-hydrogen) atoms. The average molecular weight is 236 g/mol. The molecule has 0 amide bonds. The Morgan fingerprint density at radius 3 is 2.78 bits per heavy atom. The van der Waals surface area contributed by atoms with Crippen LogP contribution in [0, 0.1) is 6.92 Å². The van der Waals surface area contributed by atoms with Crippen molar-refractivity contribution >= 4 is 11.9 Å². The maximum atomic E-state index is 10.9. The van der Waals surface area contributed by atoms with E-state index in [-0.39, 0.29) is 0 Å². The summed E-state index contributed by atoms with van der Waals surface area (Å²) in [5.41, 5.74) is 4.83. The molecule has 0 unspecified atom stereocenters. The maximum absolute atomic E-state index is 10.9. The Hall–Kier alpha value is -2.42. The third-order valence-electron chi connectivity index (χ3n) is 3.11. The van der Waals surface area contributed by atoms with Gasteiger partial charge in [-0.15, -0.1) is 0 Å². The molecule has 0 radical (unpaired) electrons. The first-order chi connectivity index (χ1) is 8.79. The van der Waals surface area contributed by atoms with Crippen molar-refractivity contribution < 1.29 is 4.79 Å². The molecule has 0 saturated heterocycles. The first kappa shape index (κ1) is 10.7. The molecule has 0 aliphatic heterocycles. The number of nitrogens with zero attached hydrogens (tertiary/aromatic N) is 2. The summed E-state index contributed by atoms with van der Waals surface area (Å²) in [6.45, 7) is 2.08. The van der Waals surface area contributed by atoms with E-state index < -0.39 is 0 Å². The van der Waals surface area contributed by atoms with Gasteiger partial charge in [0.1, 0.15) is 11.3 Å². The lowest BCUT2D eigenvalue weighted by Crippen LogP contribution is -1.92. The van der Waals surface area contributed by atoms with Crippen molar-refractivity contribution in [2.45, 2.75) is 6.92 Å². The minimum Gasteiger partial charge on any atom is -0.297 e. The van der Waals surface area contributed by atoms with Gasteiger partial charge in [0.2, 0.25) is 0 Å². The predicted molar refractivity (Wildman–Crippen MR) is 70.8 cm³/mol. The summed E-state index contributed by atoms with van der Waals surface area (Å²) in [5, 5.41) is 0. The highest BCUT2D eigenvalue weighted by Gasteiger charge is 2.05. The molecule has 0 aliphatic rings. The molecule has 88 valence electrons. The van der Waals surface area contributed by atoms with Gasteiger partial charge in [-0.3, -0.25) is 9.20 Å². The number of aryl methyl sites for hydroxylation is 1. The summed E-state index contributed by atoms with van der Waals surface area (Å²) in [7, 11) is 0. The van der Waals surface area contributed by atoms with Gasteiger partial charge in [0.05, 0.1) is 6.20 Å². The molecule has 0 N–H and O–H groups in total. The summed E-state index contributed by atoms with van der Waals surface area (Å²) in [6, 6.07) is 12.1. The Morgan fingerprint density at radius 1 is 1.17 bits per heavy atom. The van der Waals surface area contributed by atoms with Crippen LogP contribution in [0.15, 0.2) is 48.8 Å². The van der Waals surface area contributed by atoms with E-state index in [1.807, 2.05) is 34.9 Å². The molecule has 2 aromatic heterocycles. The maximum Gasteiger partial charge on any atom is 0.168 e. The summed E-state index contributed by atoms with van der Waals surface area (Å²) >= 11 is 0. The van der Waals surface area contributed by atoms with Gasteiger partial charge in [-0.05, 0) is 35.7 Å². The molecule has 0 aliphatic carbocycles. The summed E-state index contributed by atoms with van der Waals surface area (Å²) in [5.74, 6) is 0. The van der Waals surface area contributed by atoms with Gasteiger partial charge in [-0.25, -0.2) is 4.98 Å². The van der Waals surface area contributed by atoms with Gasteiger partial charge in [-0.1, -0.05) is 24.3 Å². The van der Waals surface area contributed by atoms with Gasteiger partial charge >= 0.3 is 0 Å². The van der Waals surface area contributed by atoms with Crippen LogP contribution in [0.5, 0.6) is 0 Å². The highest BCUT2D eigenvalue weighted by Crippen LogP contribution is 2.23. The third kappa shape index (κ3) is 1.61. The molecule has 3 aromatic rings. The summed E-state index contributed by atoms with van der Waals surface area (Å²) in [6.07, 6.45) is 4.36. The smallest absolute Gasteiger partial charge is 0.168 e. The Morgan fingerprint density at radius 2 is 2.00 bits per heavy atom. The number of carbonyl (C=O) groups is 1. The van der Waals surface area contributed by atoms with Crippen LogP contribution in [0.25, 0.3) is 16.8 Å². The van der Waals surface area contributed by atoms with Crippen molar-refractivity contribution in [3.63, 3.8) is 0 Å². The largest absolute Gasteiger partial charge is 0.297 e. The summed E-state index contributed by atoms with van der Waals surface area (Å²) in [4.78, 5) is 15.1. The number of aromatic nitrogens is 2. The SMILES string of the molecule is Cc1ccccc1-c1ccc2ncc(C=O)n2c1. The third-order valence-corrected chi connectivity index (χ3v) is 3.11. The van der Waals surface area contributed by atoms with E-state index in [4.69, 9.17) is 0 Å². The number of carbonyl (C=O) groups excluding carboxylic acids is 1. The Labute approximate surface area is 105 Å². The molecule has 3 nitrogen and oxygen atoms in total. The summed E-state index contributed by atoms with van der Waals surface area (Å²) < 4.78 is 1.81. The fourth-order valence-corrected chi connectivity index (χ4v) is 2.14. The van der Waals surface area contributed by atoms with Crippen LogP contribution < -0.4 is 0 Å². The molecule has 0 saturated carbocycles. The molecule has 0 spiro atoms. The van der Waals surface area contributed by atoms with E-state index in [1.54, 1.807) is 6.20 Å². The number of fused-ring (bicyclic) bond motifs is 1. The van der Waals surface area contributed by atoms with Crippen LogP contribution in [-0.2, 0) is 0 Å². The van der Waals surface area contributed by atoms with E-state index >= 15 is 0 Å². The van der Waals surface area contributed by atoms with Gasteiger partial charge < -0.3 is 0 Å². The van der Waals surface area contributed by atoms with Gasteiger partial charge in [0.15, 0.2) is 6.29 Å². The molecule has 0 atom stereocenters. The molecule has 3 rings (SSSR count). The number of aldehydes is 1. The van der Waals surface area contributed by atoms with Crippen molar-refractivity contribution in [1.29, 1.82) is 0 Å². The van der Waals surface area contributed by atoms with Gasteiger partial charge in [0.25, 0.3) is 0 Å². The molecular weight excluding hydrogens is 224 g/mol. The highest BCUT2D eigenvalue weighted by molar-refractivity contribution is 5.75. The lowest BCUT2D eigenvalue weighted by atomic mass is 10.0. The van der Waals surface area contributed by atoms with E-state index in [9.17, 15) is 4.79 Å². The van der Waals surface area contributed by atoms with Crippen molar-refractivity contribution in [3.8, 4) is 11.1 Å². The van der Waals surface area contributed by atoms with E-state index in [0.29, 0.717) is 5.69 Å². The number of benzene rings is 1. The number of imidazole rings is 1. The van der Waals surface area contributed by atoms with Crippen molar-refractivity contribution in [2.24, 2.45) is 0 Å². The Balaban J connectivity index is 2.24. The number of hydrogen-bond donors (Lipinski definition) is 0. The molecule has 0 fully saturated rings. The lowest BCUT2D eigenvalue weighted by Gasteiger charge is -2.06. The first-order valence-electron chi connectivity index (χ1n) is 5.78. The van der Waals surface area contributed by atoms with Crippen LogP contribution in [-0.4, -0.2) is 15.7 Å². The van der Waals surface area contributed by atoms with E-state index in [1.165, 1.54) is 11.1 Å². The fourth-order valence-electron chi connectivity index (χ4n) is 2.14. The molecule has 3 heteroatoms. The minimum atomic E-state index is 0.570. The standard InChI is InChI=1S/C15H12N2O/c1-11-4-2-3-5-14(11)12-6-7-15-16-8-13(10-18)17(15)9-12/h2-10H,1H3. The quantitative estimate of drug-likeness (QED) is 0.641. The Bertz CT molecular complexity index is 728. The van der Waals surface area contributed by atoms with Crippen LogP contribution >= 0.6 is 0 Å². The zero-order valence-corrected chi connectivity index (χ0v) is 10.00. The van der Waals surface area contributed by atoms with Gasteiger partial charge in [-0.2, -0.15) is 0 Å². The predicted octanol–water partition coefficient (Wildman–Crippen LogP) is 3.12. The second-order valence-electron chi connectivity index (χ2n) is 4.26. The monoisotopic (exact) mass is 236 g/mol. The first-order valence-corrected chi connectivity index (χ1v) is 5.78. The number of pyridine rings is 1. The van der Waals surface area contributed by atoms with Crippen LogP contribution in [0.1, 0.15) is 16.1 Å². The van der Waals surface area contributed by atoms with Crippen LogP contribution in [0.4, 0.5) is 0 Å². The topological polar surface area (TPSA) is 34.4 Å². The number of rotatable bonds is 2. The fraction of sp³-hybridized carbons (Fsp3) is 0.0667. The second-order valence-corrected chi connectivity index (χ2v) is 4.26. The normalized spacial score (nSPS) is 10.7. The zero-order chi connectivity index (χ0) is 12.5. The van der Waals surface area contributed by atoms with Crippen molar-refractivity contribution in [2.75, 3.05) is 0 Å². The highest BCUT2D eigenvalue weighted by atomic mass is 16.1. The van der Waals surface area contributed by atoms with Crippen LogP contribution in [0.2, 0.25) is 0 Å². The molecule has 2 heterocycles.